The molecule has 3 rings (SSSR count). The van der Waals surface area contributed by atoms with Crippen LogP contribution in [0.2, 0.25) is 5.28 Å². The first kappa shape index (κ1) is 14.7. The van der Waals surface area contributed by atoms with Gasteiger partial charge >= 0.3 is 6.09 Å². The lowest BCUT2D eigenvalue weighted by molar-refractivity contribution is 0.113. The van der Waals surface area contributed by atoms with Gasteiger partial charge < -0.3 is 15.0 Å². The molecule has 3 heterocycles. The molecular formula is C13H17ClN4O2S. The number of nitrogens with one attached hydrogen (secondary N) is 1. The second kappa shape index (κ2) is 6.27. The van der Waals surface area contributed by atoms with Gasteiger partial charge in [-0.1, -0.05) is 0 Å². The number of anilines is 1. The number of rotatable bonds is 2. The molecule has 114 valence electrons. The van der Waals surface area contributed by atoms with Crippen molar-refractivity contribution in [3.8, 4) is 0 Å². The summed E-state index contributed by atoms with van der Waals surface area (Å²) in [5, 5.41) is 3.70. The molecular weight excluding hydrogens is 312 g/mol. The molecule has 0 unspecified atom stereocenters. The average molecular weight is 329 g/mol. The lowest BCUT2D eigenvalue weighted by Gasteiger charge is -2.32. The molecule has 2 aliphatic rings. The fourth-order valence-corrected chi connectivity index (χ4v) is 3.96. The quantitative estimate of drug-likeness (QED) is 0.841. The number of aromatic nitrogens is 2. The molecule has 1 N–H and O–H groups in total. The van der Waals surface area contributed by atoms with Crippen LogP contribution in [-0.4, -0.2) is 53.0 Å². The monoisotopic (exact) mass is 328 g/mol. The zero-order valence-electron chi connectivity index (χ0n) is 11.8. The SMILES string of the molecule is COC(=O)N1CCC[C@@H](Nc2nc(Cl)nc3c2SCC3)C1. The van der Waals surface area contributed by atoms with E-state index in [1.54, 1.807) is 16.7 Å². The molecule has 8 heteroatoms. The molecule has 1 saturated heterocycles. The van der Waals surface area contributed by atoms with Crippen molar-refractivity contribution < 1.29 is 9.53 Å². The fraction of sp³-hybridized carbons (Fsp3) is 0.615. The van der Waals surface area contributed by atoms with Gasteiger partial charge in [0.1, 0.15) is 5.82 Å². The zero-order valence-corrected chi connectivity index (χ0v) is 13.3. The minimum absolute atomic E-state index is 0.161. The van der Waals surface area contributed by atoms with Gasteiger partial charge in [-0.2, -0.15) is 4.98 Å². The van der Waals surface area contributed by atoms with E-state index in [-0.39, 0.29) is 17.4 Å². The third kappa shape index (κ3) is 3.18. The van der Waals surface area contributed by atoms with Crippen LogP contribution in [0.3, 0.4) is 0 Å². The summed E-state index contributed by atoms with van der Waals surface area (Å²) >= 11 is 7.74. The van der Waals surface area contributed by atoms with Crippen molar-refractivity contribution in [2.45, 2.75) is 30.2 Å². The summed E-state index contributed by atoms with van der Waals surface area (Å²) in [4.78, 5) is 23.0. The Labute approximate surface area is 132 Å². The molecule has 21 heavy (non-hydrogen) atoms. The summed E-state index contributed by atoms with van der Waals surface area (Å²) in [6.07, 6.45) is 2.59. The Balaban J connectivity index is 1.73. The molecule has 0 aromatic carbocycles. The zero-order chi connectivity index (χ0) is 14.8. The number of carbonyl (C=O) groups excluding carboxylic acids is 1. The van der Waals surface area contributed by atoms with E-state index in [9.17, 15) is 4.79 Å². The van der Waals surface area contributed by atoms with E-state index in [4.69, 9.17) is 16.3 Å². The van der Waals surface area contributed by atoms with Crippen molar-refractivity contribution in [2.75, 3.05) is 31.3 Å². The molecule has 0 aliphatic carbocycles. The van der Waals surface area contributed by atoms with Crippen molar-refractivity contribution in [1.82, 2.24) is 14.9 Å². The van der Waals surface area contributed by atoms with Gasteiger partial charge in [0.15, 0.2) is 0 Å². The summed E-state index contributed by atoms with van der Waals surface area (Å²) in [7, 11) is 1.41. The molecule has 0 radical (unpaired) electrons. The predicted molar refractivity (Wildman–Crippen MR) is 82.1 cm³/mol. The molecule has 2 aliphatic heterocycles. The maximum absolute atomic E-state index is 11.6. The Morgan fingerprint density at radius 3 is 3.19 bits per heavy atom. The van der Waals surface area contributed by atoms with Crippen molar-refractivity contribution in [3.05, 3.63) is 11.0 Å². The Kier molecular flexibility index (Phi) is 4.40. The fourth-order valence-electron chi connectivity index (χ4n) is 2.72. The summed E-state index contributed by atoms with van der Waals surface area (Å²) in [6, 6.07) is 0.161. The number of likely N-dealkylation sites (tertiary alicyclic amines) is 1. The second-order valence-electron chi connectivity index (χ2n) is 5.12. The highest BCUT2D eigenvalue weighted by atomic mass is 35.5. The first-order valence-electron chi connectivity index (χ1n) is 6.96. The van der Waals surface area contributed by atoms with Crippen LogP contribution < -0.4 is 5.32 Å². The van der Waals surface area contributed by atoms with Gasteiger partial charge in [-0.3, -0.25) is 0 Å². The minimum Gasteiger partial charge on any atom is -0.453 e. The number of piperidine rings is 1. The number of hydrogen-bond donors (Lipinski definition) is 1. The molecule has 1 fully saturated rings. The van der Waals surface area contributed by atoms with Crippen LogP contribution in [0, 0.1) is 0 Å². The van der Waals surface area contributed by atoms with Gasteiger partial charge in [0.05, 0.1) is 17.7 Å². The van der Waals surface area contributed by atoms with Gasteiger partial charge in [-0.15, -0.1) is 11.8 Å². The Bertz CT molecular complexity index is 557. The van der Waals surface area contributed by atoms with Crippen molar-refractivity contribution in [3.63, 3.8) is 0 Å². The Morgan fingerprint density at radius 1 is 1.52 bits per heavy atom. The summed E-state index contributed by atoms with van der Waals surface area (Å²) in [6.45, 7) is 1.36. The number of amides is 1. The number of halogens is 1. The molecule has 0 spiro atoms. The topological polar surface area (TPSA) is 67.3 Å². The number of ether oxygens (including phenoxy) is 1. The van der Waals surface area contributed by atoms with E-state index in [1.165, 1.54) is 7.11 Å². The number of fused-ring (bicyclic) bond motifs is 1. The van der Waals surface area contributed by atoms with E-state index in [2.05, 4.69) is 15.3 Å². The summed E-state index contributed by atoms with van der Waals surface area (Å²) in [5.74, 6) is 1.81. The van der Waals surface area contributed by atoms with Gasteiger partial charge in [0.2, 0.25) is 5.28 Å². The van der Waals surface area contributed by atoms with E-state index in [0.717, 1.165) is 48.0 Å². The van der Waals surface area contributed by atoms with Crippen LogP contribution in [0.25, 0.3) is 0 Å². The number of carbonyl (C=O) groups is 1. The van der Waals surface area contributed by atoms with Gasteiger partial charge in [0, 0.05) is 31.3 Å². The summed E-state index contributed by atoms with van der Waals surface area (Å²) in [5.41, 5.74) is 1.02. The Morgan fingerprint density at radius 2 is 2.38 bits per heavy atom. The van der Waals surface area contributed by atoms with E-state index < -0.39 is 0 Å². The number of aryl methyl sites for hydroxylation is 1. The number of methoxy groups -OCH3 is 1. The summed E-state index contributed by atoms with van der Waals surface area (Å²) < 4.78 is 4.79. The first-order chi connectivity index (χ1) is 10.2. The Hall–Kier alpha value is -1.21. The highest BCUT2D eigenvalue weighted by molar-refractivity contribution is 7.99. The highest BCUT2D eigenvalue weighted by Gasteiger charge is 2.26. The molecule has 6 nitrogen and oxygen atoms in total. The maximum Gasteiger partial charge on any atom is 0.409 e. The smallest absolute Gasteiger partial charge is 0.409 e. The van der Waals surface area contributed by atoms with E-state index >= 15 is 0 Å². The average Bonchev–Trinajstić information content (AvgIpc) is 2.95. The molecule has 0 saturated carbocycles. The van der Waals surface area contributed by atoms with Crippen LogP contribution in [0.4, 0.5) is 10.6 Å². The van der Waals surface area contributed by atoms with Crippen LogP contribution in [0.1, 0.15) is 18.5 Å². The van der Waals surface area contributed by atoms with E-state index in [1.807, 2.05) is 0 Å². The molecule has 1 aromatic rings. The molecule has 1 amide bonds. The lowest BCUT2D eigenvalue weighted by Crippen LogP contribution is -2.45. The van der Waals surface area contributed by atoms with Crippen molar-refractivity contribution >= 4 is 35.3 Å². The second-order valence-corrected chi connectivity index (χ2v) is 6.56. The van der Waals surface area contributed by atoms with Gasteiger partial charge in [0.25, 0.3) is 0 Å². The van der Waals surface area contributed by atoms with Crippen LogP contribution in [0.15, 0.2) is 4.90 Å². The first-order valence-corrected chi connectivity index (χ1v) is 8.32. The van der Waals surface area contributed by atoms with Gasteiger partial charge in [-0.05, 0) is 24.4 Å². The third-order valence-corrected chi connectivity index (χ3v) is 4.98. The lowest BCUT2D eigenvalue weighted by atomic mass is 10.1. The normalized spacial score (nSPS) is 21.0. The molecule has 1 aromatic heterocycles. The third-order valence-electron chi connectivity index (χ3n) is 3.69. The van der Waals surface area contributed by atoms with Crippen LogP contribution in [-0.2, 0) is 11.2 Å². The van der Waals surface area contributed by atoms with Crippen LogP contribution in [0.5, 0.6) is 0 Å². The van der Waals surface area contributed by atoms with Crippen molar-refractivity contribution in [2.24, 2.45) is 0 Å². The predicted octanol–water partition coefficient (Wildman–Crippen LogP) is 2.42. The van der Waals surface area contributed by atoms with Gasteiger partial charge in [-0.25, -0.2) is 9.78 Å². The maximum atomic E-state index is 11.6. The van der Waals surface area contributed by atoms with Crippen molar-refractivity contribution in [1.29, 1.82) is 0 Å². The minimum atomic E-state index is -0.276. The molecule has 0 bridgehead atoms. The highest BCUT2D eigenvalue weighted by Crippen LogP contribution is 2.36. The largest absolute Gasteiger partial charge is 0.453 e. The number of thioether (sulfide) groups is 1. The van der Waals surface area contributed by atoms with Crippen LogP contribution >= 0.6 is 23.4 Å². The van der Waals surface area contributed by atoms with E-state index in [0.29, 0.717) is 6.54 Å². The standard InChI is InChI=1S/C13H17ClN4O2S/c1-20-13(19)18-5-2-3-8(7-18)15-11-10-9(4-6-21-10)16-12(14)17-11/h8H,2-7H2,1H3,(H,15,16,17)/t8-/m1/s1. The number of hydrogen-bond acceptors (Lipinski definition) is 6. The number of nitrogens with zero attached hydrogens (tertiary/aromatic N) is 3. The molecule has 1 atom stereocenters.